The summed E-state index contributed by atoms with van der Waals surface area (Å²) in [5.41, 5.74) is 0.836. The Morgan fingerprint density at radius 2 is 1.59 bits per heavy atom. The van der Waals surface area contributed by atoms with Gasteiger partial charge in [-0.25, -0.2) is 4.98 Å². The lowest BCUT2D eigenvalue weighted by Gasteiger charge is -2.11. The molecule has 0 saturated carbocycles. The molecule has 0 aliphatic rings. The molecule has 5 nitrogen and oxygen atoms in total. The summed E-state index contributed by atoms with van der Waals surface area (Å²) in [5, 5.41) is 1.74. The van der Waals surface area contributed by atoms with Crippen LogP contribution in [0.3, 0.4) is 0 Å². The number of rotatable bonds is 7. The van der Waals surface area contributed by atoms with Crippen molar-refractivity contribution in [3.63, 3.8) is 0 Å². The zero-order valence-corrected chi connectivity index (χ0v) is 16.9. The van der Waals surface area contributed by atoms with E-state index in [0.29, 0.717) is 38.3 Å². The van der Waals surface area contributed by atoms with Crippen molar-refractivity contribution in [3.8, 4) is 23.1 Å². The molecule has 140 valence electrons. The van der Waals surface area contributed by atoms with Gasteiger partial charge in [0, 0.05) is 15.8 Å². The van der Waals surface area contributed by atoms with Crippen LogP contribution in [0, 0.1) is 0 Å². The molecule has 0 spiro atoms. The highest BCUT2D eigenvalue weighted by molar-refractivity contribution is 7.98. The van der Waals surface area contributed by atoms with Gasteiger partial charge in [0.15, 0.2) is 10.9 Å². The van der Waals surface area contributed by atoms with Gasteiger partial charge in [0.1, 0.15) is 11.5 Å². The van der Waals surface area contributed by atoms with Gasteiger partial charge in [0.05, 0.1) is 20.4 Å². The highest BCUT2D eigenvalue weighted by Gasteiger charge is 2.13. The van der Waals surface area contributed by atoms with Crippen LogP contribution in [0.4, 0.5) is 0 Å². The minimum absolute atomic E-state index is 0.324. The molecule has 1 aromatic heterocycles. The van der Waals surface area contributed by atoms with Crippen molar-refractivity contribution in [3.05, 3.63) is 64.3 Å². The summed E-state index contributed by atoms with van der Waals surface area (Å²) in [6.07, 6.45) is 1.57. The van der Waals surface area contributed by atoms with Crippen LogP contribution in [0.2, 0.25) is 10.0 Å². The zero-order chi connectivity index (χ0) is 19.2. The zero-order valence-electron chi connectivity index (χ0n) is 14.6. The third kappa shape index (κ3) is 4.97. The summed E-state index contributed by atoms with van der Waals surface area (Å²) >= 11 is 13.8. The SMILES string of the molecule is COc1ccc(Oc2nc(SCc3c(Cl)cccc3Cl)ncc2OC)cc1. The lowest BCUT2D eigenvalue weighted by molar-refractivity contribution is 0.362. The molecule has 0 aliphatic carbocycles. The van der Waals surface area contributed by atoms with Gasteiger partial charge >= 0.3 is 0 Å². The number of aromatic nitrogens is 2. The number of benzene rings is 2. The predicted octanol–water partition coefficient (Wildman–Crippen LogP) is 5.89. The van der Waals surface area contributed by atoms with Gasteiger partial charge < -0.3 is 14.2 Å². The molecule has 0 radical (unpaired) electrons. The second-order valence-electron chi connectivity index (χ2n) is 5.29. The first-order valence-corrected chi connectivity index (χ1v) is 9.63. The second-order valence-corrected chi connectivity index (χ2v) is 7.05. The minimum Gasteiger partial charge on any atom is -0.497 e. The number of methoxy groups -OCH3 is 2. The van der Waals surface area contributed by atoms with Gasteiger partial charge in [-0.3, -0.25) is 0 Å². The van der Waals surface area contributed by atoms with Crippen LogP contribution >= 0.6 is 35.0 Å². The summed E-state index contributed by atoms with van der Waals surface area (Å²) in [6.45, 7) is 0. The fourth-order valence-electron chi connectivity index (χ4n) is 2.18. The first-order chi connectivity index (χ1) is 13.1. The molecule has 3 aromatic rings. The van der Waals surface area contributed by atoms with Crippen LogP contribution in [0.15, 0.2) is 53.8 Å². The number of thioether (sulfide) groups is 1. The Morgan fingerprint density at radius 3 is 2.22 bits per heavy atom. The highest BCUT2D eigenvalue weighted by atomic mass is 35.5. The normalized spacial score (nSPS) is 10.5. The Kier molecular flexibility index (Phi) is 6.66. The van der Waals surface area contributed by atoms with Crippen molar-refractivity contribution < 1.29 is 14.2 Å². The van der Waals surface area contributed by atoms with Gasteiger partial charge in [-0.05, 0) is 42.0 Å². The smallest absolute Gasteiger partial charge is 0.266 e. The molecular weight excluding hydrogens is 407 g/mol. The summed E-state index contributed by atoms with van der Waals surface area (Å²) in [4.78, 5) is 8.74. The van der Waals surface area contributed by atoms with Crippen molar-refractivity contribution in [1.29, 1.82) is 0 Å². The Hall–Kier alpha value is -2.15. The van der Waals surface area contributed by atoms with E-state index in [4.69, 9.17) is 37.4 Å². The number of ether oxygens (including phenoxy) is 3. The number of halogens is 2. The maximum absolute atomic E-state index is 6.21. The van der Waals surface area contributed by atoms with Crippen LogP contribution < -0.4 is 14.2 Å². The largest absolute Gasteiger partial charge is 0.497 e. The van der Waals surface area contributed by atoms with Gasteiger partial charge in [-0.2, -0.15) is 4.98 Å². The average molecular weight is 423 g/mol. The topological polar surface area (TPSA) is 53.5 Å². The molecule has 27 heavy (non-hydrogen) atoms. The Bertz CT molecular complexity index is 903. The first-order valence-electron chi connectivity index (χ1n) is 7.89. The van der Waals surface area contributed by atoms with Crippen LogP contribution in [-0.4, -0.2) is 24.2 Å². The summed E-state index contributed by atoms with van der Waals surface area (Å²) in [6, 6.07) is 12.6. The van der Waals surface area contributed by atoms with Crippen molar-refractivity contribution >= 4 is 35.0 Å². The molecule has 0 atom stereocenters. The first kappa shape index (κ1) is 19.6. The minimum atomic E-state index is 0.324. The van der Waals surface area contributed by atoms with E-state index >= 15 is 0 Å². The summed E-state index contributed by atoms with van der Waals surface area (Å²) in [7, 11) is 3.15. The van der Waals surface area contributed by atoms with E-state index < -0.39 is 0 Å². The van der Waals surface area contributed by atoms with E-state index in [9.17, 15) is 0 Å². The van der Waals surface area contributed by atoms with E-state index in [1.807, 2.05) is 6.07 Å². The highest BCUT2D eigenvalue weighted by Crippen LogP contribution is 2.34. The molecule has 3 rings (SSSR count). The number of hydrogen-bond acceptors (Lipinski definition) is 6. The Balaban J connectivity index is 1.78. The third-order valence-electron chi connectivity index (χ3n) is 3.60. The monoisotopic (exact) mass is 422 g/mol. The van der Waals surface area contributed by atoms with Gasteiger partial charge in [-0.1, -0.05) is 41.0 Å². The average Bonchev–Trinajstić information content (AvgIpc) is 2.68. The maximum Gasteiger partial charge on any atom is 0.266 e. The predicted molar refractivity (Wildman–Crippen MR) is 108 cm³/mol. The van der Waals surface area contributed by atoms with E-state index in [1.54, 1.807) is 49.7 Å². The molecule has 8 heteroatoms. The van der Waals surface area contributed by atoms with E-state index in [1.165, 1.54) is 18.9 Å². The fraction of sp³-hybridized carbons (Fsp3) is 0.158. The van der Waals surface area contributed by atoms with Crippen molar-refractivity contribution in [2.24, 2.45) is 0 Å². The molecule has 0 amide bonds. The third-order valence-corrected chi connectivity index (χ3v) is 5.20. The standard InChI is InChI=1S/C19H16Cl2N2O3S/c1-24-12-6-8-13(9-7-12)26-18-17(25-2)10-22-19(23-18)27-11-14-15(20)4-3-5-16(14)21/h3-10H,11H2,1-2H3. The summed E-state index contributed by atoms with van der Waals surface area (Å²) in [5.74, 6) is 2.64. The van der Waals surface area contributed by atoms with Crippen LogP contribution in [0.25, 0.3) is 0 Å². The Morgan fingerprint density at radius 1 is 0.926 bits per heavy atom. The molecule has 0 unspecified atom stereocenters. The van der Waals surface area contributed by atoms with Crippen LogP contribution in [-0.2, 0) is 5.75 Å². The molecule has 0 bridgehead atoms. The molecule has 0 fully saturated rings. The lowest BCUT2D eigenvalue weighted by Crippen LogP contribution is -1.97. The molecule has 2 aromatic carbocycles. The second kappa shape index (κ2) is 9.17. The molecule has 0 N–H and O–H groups in total. The quantitative estimate of drug-likeness (QED) is 0.349. The lowest BCUT2D eigenvalue weighted by atomic mass is 10.2. The van der Waals surface area contributed by atoms with Gasteiger partial charge in [0.2, 0.25) is 0 Å². The van der Waals surface area contributed by atoms with Gasteiger partial charge in [-0.15, -0.1) is 0 Å². The van der Waals surface area contributed by atoms with Crippen LogP contribution in [0.1, 0.15) is 5.56 Å². The molecule has 0 aliphatic heterocycles. The molecule has 1 heterocycles. The maximum atomic E-state index is 6.21. The fourth-order valence-corrected chi connectivity index (χ4v) is 3.73. The van der Waals surface area contributed by atoms with Crippen LogP contribution in [0.5, 0.6) is 23.1 Å². The van der Waals surface area contributed by atoms with E-state index in [-0.39, 0.29) is 0 Å². The van der Waals surface area contributed by atoms with E-state index in [2.05, 4.69) is 9.97 Å². The van der Waals surface area contributed by atoms with Crippen molar-refractivity contribution in [2.75, 3.05) is 14.2 Å². The number of hydrogen-bond donors (Lipinski definition) is 0. The Labute approximate surface area is 171 Å². The van der Waals surface area contributed by atoms with Crippen molar-refractivity contribution in [1.82, 2.24) is 9.97 Å². The van der Waals surface area contributed by atoms with Crippen molar-refractivity contribution in [2.45, 2.75) is 10.9 Å². The number of nitrogens with zero attached hydrogens (tertiary/aromatic N) is 2. The molecular formula is C19H16Cl2N2O3S. The van der Waals surface area contributed by atoms with Gasteiger partial charge in [0.25, 0.3) is 5.88 Å². The van der Waals surface area contributed by atoms with E-state index in [0.717, 1.165) is 11.3 Å². The molecule has 0 saturated heterocycles. The summed E-state index contributed by atoms with van der Waals surface area (Å²) < 4.78 is 16.3.